The summed E-state index contributed by atoms with van der Waals surface area (Å²) < 4.78 is 14.8. The summed E-state index contributed by atoms with van der Waals surface area (Å²) in [5.74, 6) is -0.634. The first-order chi connectivity index (χ1) is 15.4. The summed E-state index contributed by atoms with van der Waals surface area (Å²) in [6, 6.07) is 11.5. The highest BCUT2D eigenvalue weighted by atomic mass is 19.1. The number of benzene rings is 2. The van der Waals surface area contributed by atoms with Crippen molar-refractivity contribution in [3.8, 4) is 0 Å². The van der Waals surface area contributed by atoms with E-state index in [-0.39, 0.29) is 36.9 Å². The van der Waals surface area contributed by atoms with Gasteiger partial charge in [0.2, 0.25) is 0 Å². The number of aliphatic hydroxyl groups is 1. The number of carbonyl (C=O) groups excluding carboxylic acids is 2. The van der Waals surface area contributed by atoms with E-state index in [0.717, 1.165) is 0 Å². The highest BCUT2D eigenvalue weighted by molar-refractivity contribution is 6.02. The Morgan fingerprint density at radius 1 is 1.09 bits per heavy atom. The number of hydrogen-bond acceptors (Lipinski definition) is 4. The molecule has 0 bridgehead atoms. The van der Waals surface area contributed by atoms with Gasteiger partial charge in [0.15, 0.2) is 5.78 Å². The molecular weight excluding hydrogens is 413 g/mol. The van der Waals surface area contributed by atoms with Crippen LogP contribution in [0.5, 0.6) is 0 Å². The average Bonchev–Trinajstić information content (AvgIpc) is 2.78. The second-order valence-electron chi connectivity index (χ2n) is 7.65. The molecule has 0 radical (unpaired) electrons. The van der Waals surface area contributed by atoms with E-state index < -0.39 is 11.9 Å². The third-order valence-electron chi connectivity index (χ3n) is 5.56. The molecule has 0 fully saturated rings. The molecule has 0 unspecified atom stereocenters. The second-order valence-corrected chi connectivity index (χ2v) is 7.65. The lowest BCUT2D eigenvalue weighted by Gasteiger charge is -2.30. The zero-order chi connectivity index (χ0) is 22.8. The van der Waals surface area contributed by atoms with Crippen LogP contribution in [0.1, 0.15) is 17.2 Å². The number of nitrogens with one attached hydrogen (secondary N) is 1. The molecule has 2 aromatic carbocycles. The summed E-state index contributed by atoms with van der Waals surface area (Å²) in [5.41, 5.74) is 1.40. The highest BCUT2D eigenvalue weighted by Crippen LogP contribution is 2.28. The topological polar surface area (TPSA) is 91.6 Å². The van der Waals surface area contributed by atoms with E-state index >= 15 is 0 Å². The lowest BCUT2D eigenvalue weighted by atomic mass is 9.91. The fourth-order valence-corrected chi connectivity index (χ4v) is 3.89. The zero-order valence-corrected chi connectivity index (χ0v) is 17.4. The van der Waals surface area contributed by atoms with Gasteiger partial charge in [-0.25, -0.2) is 9.18 Å². The Morgan fingerprint density at radius 3 is 2.56 bits per heavy atom. The largest absolute Gasteiger partial charge is 0.395 e. The van der Waals surface area contributed by atoms with Crippen LogP contribution in [-0.4, -0.2) is 40.0 Å². The third kappa shape index (κ3) is 4.04. The van der Waals surface area contributed by atoms with Gasteiger partial charge < -0.3 is 19.9 Å². The van der Waals surface area contributed by atoms with Crippen molar-refractivity contribution in [2.24, 2.45) is 0 Å². The van der Waals surface area contributed by atoms with Crippen molar-refractivity contribution in [2.75, 3.05) is 13.7 Å². The van der Waals surface area contributed by atoms with Crippen LogP contribution in [-0.2, 0) is 17.8 Å². The van der Waals surface area contributed by atoms with Crippen molar-refractivity contribution in [1.82, 2.24) is 14.8 Å². The van der Waals surface area contributed by atoms with E-state index in [1.807, 2.05) is 0 Å². The molecule has 164 valence electrons. The molecule has 8 heteroatoms. The number of ketones is 1. The smallest absolute Gasteiger partial charge is 0.321 e. The van der Waals surface area contributed by atoms with Crippen molar-refractivity contribution in [1.29, 1.82) is 0 Å². The molecule has 4 rings (SSSR count). The van der Waals surface area contributed by atoms with Gasteiger partial charge in [0.05, 0.1) is 12.6 Å². The van der Waals surface area contributed by atoms with E-state index in [4.69, 9.17) is 5.11 Å². The minimum Gasteiger partial charge on any atom is -0.395 e. The standard InChI is InChI=1S/C24H22FN3O4/c1-27-14-20(22(26-24(27)32)15-5-7-17(25)8-6-15)21(30)13-16-3-2-4-19-18(16)9-10-28(11-12-29)23(19)31/h2-10,14,22,29H,11-13H2,1H3,(H,26,32)/t22-/m0/s1. The maximum atomic E-state index is 13.4. The molecule has 1 aromatic heterocycles. The van der Waals surface area contributed by atoms with E-state index in [1.165, 1.54) is 39.9 Å². The number of halogens is 1. The molecule has 2 N–H and O–H groups in total. The highest BCUT2D eigenvalue weighted by Gasteiger charge is 2.30. The predicted molar refractivity (Wildman–Crippen MR) is 118 cm³/mol. The number of rotatable bonds is 6. The first kappa shape index (κ1) is 21.5. The maximum Gasteiger partial charge on any atom is 0.321 e. The molecule has 1 atom stereocenters. The van der Waals surface area contributed by atoms with Gasteiger partial charge in [0.1, 0.15) is 5.82 Å². The number of carbonyl (C=O) groups is 2. The maximum absolute atomic E-state index is 13.4. The number of fused-ring (bicyclic) bond motifs is 1. The summed E-state index contributed by atoms with van der Waals surface area (Å²) in [6.07, 6.45) is 3.12. The van der Waals surface area contributed by atoms with Gasteiger partial charge in [-0.1, -0.05) is 24.3 Å². The molecule has 0 aliphatic carbocycles. The number of hydrogen-bond donors (Lipinski definition) is 2. The second kappa shape index (κ2) is 8.76. The molecule has 0 saturated heterocycles. The van der Waals surface area contributed by atoms with Crippen LogP contribution >= 0.6 is 0 Å². The molecule has 1 aliphatic rings. The lowest BCUT2D eigenvalue weighted by Crippen LogP contribution is -2.43. The lowest BCUT2D eigenvalue weighted by molar-refractivity contribution is -0.115. The van der Waals surface area contributed by atoms with Gasteiger partial charge in [-0.2, -0.15) is 0 Å². The van der Waals surface area contributed by atoms with Crippen molar-refractivity contribution in [3.63, 3.8) is 0 Å². The molecule has 0 saturated carbocycles. The van der Waals surface area contributed by atoms with Crippen LogP contribution in [0.3, 0.4) is 0 Å². The minimum absolute atomic E-state index is 0.0219. The molecule has 2 heterocycles. The minimum atomic E-state index is -0.705. The fraction of sp³-hybridized carbons (Fsp3) is 0.208. The first-order valence-corrected chi connectivity index (χ1v) is 10.1. The van der Waals surface area contributed by atoms with Gasteiger partial charge in [-0.3, -0.25) is 9.59 Å². The predicted octanol–water partition coefficient (Wildman–Crippen LogP) is 2.52. The Kier molecular flexibility index (Phi) is 5.87. The summed E-state index contributed by atoms with van der Waals surface area (Å²) in [4.78, 5) is 39.5. The molecule has 1 aliphatic heterocycles. The first-order valence-electron chi connectivity index (χ1n) is 10.1. The molecular formula is C24H22FN3O4. The molecule has 7 nitrogen and oxygen atoms in total. The third-order valence-corrected chi connectivity index (χ3v) is 5.56. The van der Waals surface area contributed by atoms with Crippen LogP contribution in [0.4, 0.5) is 9.18 Å². The number of amides is 2. The number of nitrogens with zero attached hydrogens (tertiary/aromatic N) is 2. The van der Waals surface area contributed by atoms with Gasteiger partial charge in [-0.15, -0.1) is 0 Å². The van der Waals surface area contributed by atoms with Gasteiger partial charge in [-0.05, 0) is 40.8 Å². The molecule has 3 aromatic rings. The van der Waals surface area contributed by atoms with Crippen LogP contribution in [0, 0.1) is 5.82 Å². The Morgan fingerprint density at radius 2 is 1.84 bits per heavy atom. The SMILES string of the molecule is CN1C=C(C(=O)Cc2cccc3c(=O)n(CCO)ccc23)[C@H](c2ccc(F)cc2)NC1=O. The fourth-order valence-electron chi connectivity index (χ4n) is 3.89. The van der Waals surface area contributed by atoms with Crippen molar-refractivity contribution < 1.29 is 19.1 Å². The van der Waals surface area contributed by atoms with Crippen LogP contribution < -0.4 is 10.9 Å². The van der Waals surface area contributed by atoms with Crippen LogP contribution in [0.15, 0.2) is 71.3 Å². The van der Waals surface area contributed by atoms with Crippen LogP contribution in [0.2, 0.25) is 0 Å². The number of Topliss-reactive ketones (excluding diaryl/α,β-unsaturated/α-hetero) is 1. The summed E-state index contributed by atoms with van der Waals surface area (Å²) in [7, 11) is 1.55. The molecule has 2 amide bonds. The van der Waals surface area contributed by atoms with E-state index in [2.05, 4.69) is 5.32 Å². The molecule has 0 spiro atoms. The average molecular weight is 435 g/mol. The van der Waals surface area contributed by atoms with Gasteiger partial charge >= 0.3 is 6.03 Å². The number of aromatic nitrogens is 1. The number of urea groups is 1. The normalized spacial score (nSPS) is 16.1. The van der Waals surface area contributed by atoms with Crippen LogP contribution in [0.25, 0.3) is 10.8 Å². The zero-order valence-electron chi connectivity index (χ0n) is 17.4. The quantitative estimate of drug-likeness (QED) is 0.623. The Bertz CT molecular complexity index is 1280. The summed E-state index contributed by atoms with van der Waals surface area (Å²) in [5, 5.41) is 13.0. The van der Waals surface area contributed by atoms with Gasteiger partial charge in [0, 0.05) is 43.4 Å². The Labute approximate surface area is 183 Å². The summed E-state index contributed by atoms with van der Waals surface area (Å²) in [6.45, 7) is 0.0396. The number of pyridine rings is 1. The van der Waals surface area contributed by atoms with Crippen molar-refractivity contribution in [2.45, 2.75) is 19.0 Å². The van der Waals surface area contributed by atoms with E-state index in [0.29, 0.717) is 27.5 Å². The monoisotopic (exact) mass is 435 g/mol. The van der Waals surface area contributed by atoms with E-state index in [9.17, 15) is 18.8 Å². The Hall–Kier alpha value is -3.78. The summed E-state index contributed by atoms with van der Waals surface area (Å²) >= 11 is 0. The molecule has 32 heavy (non-hydrogen) atoms. The number of aliphatic hydroxyl groups excluding tert-OH is 1. The van der Waals surface area contributed by atoms with Gasteiger partial charge in [0.25, 0.3) is 5.56 Å². The van der Waals surface area contributed by atoms with E-state index in [1.54, 1.807) is 37.5 Å². The Balaban J connectivity index is 1.70. The van der Waals surface area contributed by atoms with Crippen molar-refractivity contribution in [3.05, 3.63) is 93.8 Å². The van der Waals surface area contributed by atoms with Crippen molar-refractivity contribution >= 4 is 22.6 Å².